The van der Waals surface area contributed by atoms with Crippen molar-refractivity contribution in [2.24, 2.45) is 5.73 Å². The molecule has 4 rings (SSSR count). The summed E-state index contributed by atoms with van der Waals surface area (Å²) >= 11 is 0. The predicted octanol–water partition coefficient (Wildman–Crippen LogP) is 5.79. The Morgan fingerprint density at radius 1 is 1.05 bits per heavy atom. The summed E-state index contributed by atoms with van der Waals surface area (Å²) in [5.41, 5.74) is 10.4. The molecule has 0 aliphatic carbocycles. The number of halogens is 2. The van der Waals surface area contributed by atoms with Crippen LogP contribution in [0.15, 0.2) is 53.1 Å². The van der Waals surface area contributed by atoms with Crippen LogP contribution < -0.4 is 15.2 Å². The number of carbonyl (C=O) groups is 1. The molecular weight excluding hydrogens is 484 g/mol. The average Bonchev–Trinajstić information content (AvgIpc) is 3.22. The van der Waals surface area contributed by atoms with Crippen LogP contribution >= 0.6 is 0 Å². The number of carboxylic acids is 1. The number of nitrogens with two attached hydrogens (primary N) is 1. The number of benzene rings is 2. The maximum Gasteiger partial charge on any atom is 0.344 e. The van der Waals surface area contributed by atoms with Gasteiger partial charge >= 0.3 is 5.97 Å². The van der Waals surface area contributed by atoms with Gasteiger partial charge in [-0.1, -0.05) is 30.3 Å². The Morgan fingerprint density at radius 3 is 2.43 bits per heavy atom. The first-order chi connectivity index (χ1) is 17.7. The molecule has 1 atom stereocenters. The summed E-state index contributed by atoms with van der Waals surface area (Å²) in [6.45, 7) is 5.48. The number of rotatable bonds is 9. The number of hydrogen-bond acceptors (Lipinski definition) is 7. The van der Waals surface area contributed by atoms with Crippen LogP contribution in [0.25, 0.3) is 22.3 Å². The van der Waals surface area contributed by atoms with Crippen LogP contribution in [0.5, 0.6) is 17.5 Å². The van der Waals surface area contributed by atoms with Gasteiger partial charge in [-0.15, -0.1) is 0 Å². The summed E-state index contributed by atoms with van der Waals surface area (Å²) in [7, 11) is 0. The molecule has 0 amide bonds. The van der Waals surface area contributed by atoms with Crippen LogP contribution in [-0.4, -0.2) is 27.3 Å². The van der Waals surface area contributed by atoms with Crippen molar-refractivity contribution in [2.45, 2.75) is 39.8 Å². The normalized spacial score (nSPS) is 11.8. The van der Waals surface area contributed by atoms with Crippen LogP contribution in [0.1, 0.15) is 30.4 Å². The highest BCUT2D eigenvalue weighted by atomic mass is 19.1. The first kappa shape index (κ1) is 25.8. The van der Waals surface area contributed by atoms with Crippen molar-refractivity contribution < 1.29 is 32.7 Å². The molecule has 0 bridgehead atoms. The van der Waals surface area contributed by atoms with Gasteiger partial charge in [0.2, 0.25) is 0 Å². The zero-order chi connectivity index (χ0) is 26.7. The largest absolute Gasteiger partial charge is 0.479 e. The van der Waals surface area contributed by atoms with E-state index in [4.69, 9.17) is 19.7 Å². The lowest BCUT2D eigenvalue weighted by molar-refractivity contribution is -0.145. The minimum Gasteiger partial charge on any atom is -0.479 e. The fourth-order valence-electron chi connectivity index (χ4n) is 3.88. The van der Waals surface area contributed by atoms with Crippen molar-refractivity contribution in [1.29, 1.82) is 0 Å². The van der Waals surface area contributed by atoms with E-state index in [9.17, 15) is 18.7 Å². The van der Waals surface area contributed by atoms with E-state index in [0.29, 0.717) is 29.6 Å². The molecule has 2 aromatic heterocycles. The molecule has 0 saturated carbocycles. The number of nitrogens with zero attached hydrogens (tertiary/aromatic N) is 2. The number of ether oxygens (including phenoxy) is 2. The summed E-state index contributed by atoms with van der Waals surface area (Å²) in [5, 5.41) is 13.2. The number of aliphatic carboxylic acids is 1. The summed E-state index contributed by atoms with van der Waals surface area (Å²) in [6, 6.07) is 13.4. The van der Waals surface area contributed by atoms with Gasteiger partial charge in [0.05, 0.1) is 5.69 Å². The summed E-state index contributed by atoms with van der Waals surface area (Å²) in [5.74, 6) is -4.00. The Kier molecular flexibility index (Phi) is 7.49. The van der Waals surface area contributed by atoms with Gasteiger partial charge in [-0.3, -0.25) is 0 Å². The SMILES string of the molecule is CCC(Oc1nc(Oc2cc(-c3cccc(CN)c3)cc(-c3c(C)noc3C)c2)c(F)cc1F)C(=O)O. The van der Waals surface area contributed by atoms with Crippen LogP contribution in [0.2, 0.25) is 0 Å². The molecule has 0 spiro atoms. The fraction of sp³-hybridized carbons (Fsp3) is 0.222. The highest BCUT2D eigenvalue weighted by molar-refractivity contribution is 5.77. The van der Waals surface area contributed by atoms with Crippen molar-refractivity contribution >= 4 is 5.97 Å². The van der Waals surface area contributed by atoms with E-state index in [0.717, 1.165) is 22.3 Å². The quantitative estimate of drug-likeness (QED) is 0.291. The van der Waals surface area contributed by atoms with Gasteiger partial charge in [-0.2, -0.15) is 4.98 Å². The Hall–Kier alpha value is -4.31. The van der Waals surface area contributed by atoms with E-state index >= 15 is 0 Å². The first-order valence-corrected chi connectivity index (χ1v) is 11.5. The number of pyridine rings is 1. The maximum absolute atomic E-state index is 14.7. The third-order valence-electron chi connectivity index (χ3n) is 5.70. The molecule has 0 saturated heterocycles. The molecule has 8 nitrogen and oxygen atoms in total. The van der Waals surface area contributed by atoms with Gasteiger partial charge in [-0.05, 0) is 66.8 Å². The van der Waals surface area contributed by atoms with E-state index in [1.165, 1.54) is 0 Å². The Balaban J connectivity index is 1.80. The summed E-state index contributed by atoms with van der Waals surface area (Å²) in [4.78, 5) is 15.1. The molecule has 1 unspecified atom stereocenters. The highest BCUT2D eigenvalue weighted by Gasteiger charge is 2.23. The molecule has 192 valence electrons. The molecule has 3 N–H and O–H groups in total. The van der Waals surface area contributed by atoms with Crippen molar-refractivity contribution in [3.63, 3.8) is 0 Å². The van der Waals surface area contributed by atoms with Crippen molar-refractivity contribution in [3.05, 3.63) is 77.2 Å². The Bertz CT molecular complexity index is 1430. The van der Waals surface area contributed by atoms with Gasteiger partial charge in [0, 0.05) is 18.2 Å². The predicted molar refractivity (Wildman–Crippen MR) is 131 cm³/mol. The van der Waals surface area contributed by atoms with E-state index in [-0.39, 0.29) is 12.2 Å². The van der Waals surface area contributed by atoms with Crippen LogP contribution in [0.4, 0.5) is 8.78 Å². The standard InChI is InChI=1S/C27H25F2N3O5/c1-4-23(27(33)34)36-26-22(29)12-21(28)25(31-26)35-20-10-18(17-7-5-6-16(8-17)13-30)9-19(11-20)24-14(2)32-37-15(24)3/h5-12,23H,4,13,30H2,1-3H3,(H,33,34). The van der Waals surface area contributed by atoms with Crippen LogP contribution in [0, 0.1) is 25.5 Å². The summed E-state index contributed by atoms with van der Waals surface area (Å²) in [6.07, 6.45) is -1.31. The second kappa shape index (κ2) is 10.8. The molecule has 2 aromatic carbocycles. The lowest BCUT2D eigenvalue weighted by Gasteiger charge is -2.15. The first-order valence-electron chi connectivity index (χ1n) is 11.5. The van der Waals surface area contributed by atoms with Crippen molar-refractivity contribution in [3.8, 4) is 39.8 Å². The van der Waals surface area contributed by atoms with Gasteiger partial charge in [0.1, 0.15) is 11.5 Å². The minimum absolute atomic E-state index is 0.0503. The summed E-state index contributed by atoms with van der Waals surface area (Å²) < 4.78 is 45.2. The number of hydrogen-bond donors (Lipinski definition) is 2. The van der Waals surface area contributed by atoms with E-state index < -0.39 is 35.5 Å². The van der Waals surface area contributed by atoms with Gasteiger partial charge < -0.3 is 24.8 Å². The van der Waals surface area contributed by atoms with E-state index in [1.54, 1.807) is 32.9 Å². The lowest BCUT2D eigenvalue weighted by Crippen LogP contribution is -2.26. The molecule has 2 heterocycles. The molecule has 0 radical (unpaired) electrons. The Morgan fingerprint density at radius 2 is 1.78 bits per heavy atom. The second-order valence-corrected chi connectivity index (χ2v) is 8.37. The monoisotopic (exact) mass is 509 g/mol. The van der Waals surface area contributed by atoms with Gasteiger partial charge in [-0.25, -0.2) is 13.6 Å². The second-order valence-electron chi connectivity index (χ2n) is 8.37. The molecule has 10 heteroatoms. The topological polar surface area (TPSA) is 121 Å². The molecule has 0 aliphatic heterocycles. The van der Waals surface area contributed by atoms with Gasteiger partial charge in [0.25, 0.3) is 11.8 Å². The fourth-order valence-corrected chi connectivity index (χ4v) is 3.88. The van der Waals surface area contributed by atoms with E-state index in [1.807, 2.05) is 30.3 Å². The lowest BCUT2D eigenvalue weighted by atomic mass is 9.96. The van der Waals surface area contributed by atoms with Crippen LogP contribution in [0.3, 0.4) is 0 Å². The minimum atomic E-state index is -1.36. The molecule has 4 aromatic rings. The molecule has 37 heavy (non-hydrogen) atoms. The van der Waals surface area contributed by atoms with Crippen molar-refractivity contribution in [2.75, 3.05) is 0 Å². The molecular formula is C27H25F2N3O5. The highest BCUT2D eigenvalue weighted by Crippen LogP contribution is 2.37. The average molecular weight is 510 g/mol. The zero-order valence-electron chi connectivity index (χ0n) is 20.4. The van der Waals surface area contributed by atoms with Crippen molar-refractivity contribution in [1.82, 2.24) is 10.1 Å². The zero-order valence-corrected chi connectivity index (χ0v) is 20.4. The molecule has 0 fully saturated rings. The number of aryl methyl sites for hydroxylation is 2. The number of aromatic nitrogens is 2. The van der Waals surface area contributed by atoms with Gasteiger partial charge in [0.15, 0.2) is 17.7 Å². The third kappa shape index (κ3) is 5.59. The molecule has 0 aliphatic rings. The third-order valence-corrected chi connectivity index (χ3v) is 5.70. The number of carboxylic acid groups (broad SMARTS) is 1. The van der Waals surface area contributed by atoms with E-state index in [2.05, 4.69) is 10.1 Å². The maximum atomic E-state index is 14.7. The Labute approximate surface area is 211 Å². The van der Waals surface area contributed by atoms with Crippen LogP contribution in [-0.2, 0) is 11.3 Å². The smallest absolute Gasteiger partial charge is 0.344 e.